The van der Waals surface area contributed by atoms with E-state index in [-0.39, 0.29) is 23.3 Å². The summed E-state index contributed by atoms with van der Waals surface area (Å²) in [6.07, 6.45) is 4.10. The Morgan fingerprint density at radius 2 is 1.77 bits per heavy atom. The van der Waals surface area contributed by atoms with Crippen LogP contribution in [-0.2, 0) is 0 Å². The summed E-state index contributed by atoms with van der Waals surface area (Å²) >= 11 is 0. The summed E-state index contributed by atoms with van der Waals surface area (Å²) in [7, 11) is 0. The van der Waals surface area contributed by atoms with Crippen molar-refractivity contribution in [3.63, 3.8) is 0 Å². The third kappa shape index (κ3) is 4.61. The van der Waals surface area contributed by atoms with Crippen LogP contribution in [0, 0.1) is 5.82 Å². The van der Waals surface area contributed by atoms with E-state index in [4.69, 9.17) is 23.0 Å². The molecule has 0 radical (unpaired) electrons. The lowest BCUT2D eigenvalue weighted by molar-refractivity contribution is 0.0951. The highest BCUT2D eigenvalue weighted by Gasteiger charge is 2.27. The fourth-order valence-electron chi connectivity index (χ4n) is 3.11. The van der Waals surface area contributed by atoms with Crippen molar-refractivity contribution in [3.8, 4) is 22.4 Å². The first-order valence-corrected chi connectivity index (χ1v) is 9.28. The van der Waals surface area contributed by atoms with Gasteiger partial charge in [0, 0.05) is 30.1 Å². The molecule has 0 saturated carbocycles. The second-order valence-corrected chi connectivity index (χ2v) is 6.68. The summed E-state index contributed by atoms with van der Waals surface area (Å²) in [5.41, 5.74) is 19.1. The number of guanidine groups is 1. The van der Waals surface area contributed by atoms with Gasteiger partial charge in [0.15, 0.2) is 11.7 Å². The van der Waals surface area contributed by atoms with Crippen LogP contribution in [0.2, 0.25) is 0 Å². The Balaban J connectivity index is 2.00. The third-order valence-corrected chi connectivity index (χ3v) is 4.53. The molecule has 0 aliphatic carbocycles. The Morgan fingerprint density at radius 3 is 2.40 bits per heavy atom. The van der Waals surface area contributed by atoms with E-state index in [2.05, 4.69) is 15.1 Å². The number of nitrogens with zero attached hydrogens (tertiary/aromatic N) is 4. The van der Waals surface area contributed by atoms with E-state index in [9.17, 15) is 9.18 Å². The van der Waals surface area contributed by atoms with Crippen molar-refractivity contribution in [2.75, 3.05) is 12.4 Å². The lowest BCUT2D eigenvalue weighted by atomic mass is 9.95. The lowest BCUT2D eigenvalue weighted by Gasteiger charge is -2.11. The second kappa shape index (κ2) is 9.14. The van der Waals surface area contributed by atoms with Crippen molar-refractivity contribution < 1.29 is 9.18 Å². The summed E-state index contributed by atoms with van der Waals surface area (Å²) in [6, 6.07) is 8.45. The molecule has 0 fully saturated rings. The van der Waals surface area contributed by atoms with Gasteiger partial charge in [-0.15, -0.1) is 5.10 Å². The topological polar surface area (TPSA) is 164 Å². The van der Waals surface area contributed by atoms with Gasteiger partial charge in [-0.25, -0.2) is 4.39 Å². The van der Waals surface area contributed by atoms with Crippen molar-refractivity contribution >= 4 is 11.7 Å². The number of pyridine rings is 1. The molecule has 0 aliphatic heterocycles. The van der Waals surface area contributed by atoms with Gasteiger partial charge in [-0.3, -0.25) is 14.8 Å². The molecule has 1 atom stereocenters. The number of hydrogen-bond acceptors (Lipinski definition) is 6. The molecule has 8 N–H and O–H groups in total. The first kappa shape index (κ1) is 20.9. The maximum Gasteiger partial charge on any atom is 0.200 e. The lowest BCUT2D eigenvalue weighted by Crippen LogP contribution is -2.31. The summed E-state index contributed by atoms with van der Waals surface area (Å²) < 4.78 is 13.4. The normalized spacial score (nSPS) is 11.8. The van der Waals surface area contributed by atoms with Crippen LogP contribution in [0.1, 0.15) is 23.3 Å². The standard InChI is InChI=1S/C20H23FN8O/c21-14-5-3-13(4-6-14)18-16(12-7-10-26-11-8-12)17(28-29(18)25)19(30)15(22)2-1-9-27-20(23)24/h3-8,10-11,15H,1-2,9,22,25H2,(H4,23,24,27). The summed E-state index contributed by atoms with van der Waals surface area (Å²) in [4.78, 5) is 22.1. The first-order chi connectivity index (χ1) is 14.4. The monoisotopic (exact) mass is 410 g/mol. The zero-order chi connectivity index (χ0) is 21.7. The van der Waals surface area contributed by atoms with Gasteiger partial charge in [0.2, 0.25) is 0 Å². The molecule has 0 bridgehead atoms. The third-order valence-electron chi connectivity index (χ3n) is 4.53. The predicted molar refractivity (Wildman–Crippen MR) is 113 cm³/mol. The fraction of sp³-hybridized carbons (Fsp3) is 0.200. The smallest absolute Gasteiger partial charge is 0.200 e. The van der Waals surface area contributed by atoms with Crippen LogP contribution in [0.15, 0.2) is 53.8 Å². The Labute approximate surface area is 172 Å². The molecule has 1 unspecified atom stereocenters. The maximum atomic E-state index is 13.4. The number of aliphatic imine (C=N–C) groups is 1. The highest BCUT2D eigenvalue weighted by Crippen LogP contribution is 2.34. The van der Waals surface area contributed by atoms with Crippen LogP contribution in [0.25, 0.3) is 22.4 Å². The second-order valence-electron chi connectivity index (χ2n) is 6.68. The molecule has 9 nitrogen and oxygen atoms in total. The average molecular weight is 410 g/mol. The number of Topliss-reactive ketones (excluding diaryl/α,β-unsaturated/α-hetero) is 1. The molecule has 3 rings (SSSR count). The highest BCUT2D eigenvalue weighted by atomic mass is 19.1. The molecule has 156 valence electrons. The van der Waals surface area contributed by atoms with Gasteiger partial charge < -0.3 is 23.0 Å². The minimum atomic E-state index is -0.809. The molecule has 1 aromatic carbocycles. The number of rotatable bonds is 8. The zero-order valence-corrected chi connectivity index (χ0v) is 16.2. The van der Waals surface area contributed by atoms with Crippen LogP contribution >= 0.6 is 0 Å². The van der Waals surface area contributed by atoms with Crippen molar-refractivity contribution in [1.29, 1.82) is 0 Å². The SMILES string of the molecule is NC(N)=NCCCC(N)C(=O)c1nn(N)c(-c2ccc(F)cc2)c1-c1ccncc1. The first-order valence-electron chi connectivity index (χ1n) is 9.28. The molecule has 2 heterocycles. The van der Waals surface area contributed by atoms with Gasteiger partial charge in [0.05, 0.1) is 6.04 Å². The molecule has 30 heavy (non-hydrogen) atoms. The Hall–Kier alpha value is -3.79. The van der Waals surface area contributed by atoms with E-state index < -0.39 is 6.04 Å². The number of carbonyl (C=O) groups is 1. The van der Waals surface area contributed by atoms with Crippen molar-refractivity contribution in [3.05, 3.63) is 60.3 Å². The summed E-state index contributed by atoms with van der Waals surface area (Å²) in [6.45, 7) is 0.368. The molecule has 10 heteroatoms. The number of benzene rings is 1. The van der Waals surface area contributed by atoms with Gasteiger partial charge in [-0.1, -0.05) is 0 Å². The number of ketones is 1. The molecular weight excluding hydrogens is 387 g/mol. The number of hydrogen-bond donors (Lipinski definition) is 4. The minimum Gasteiger partial charge on any atom is -0.370 e. The Morgan fingerprint density at radius 1 is 1.10 bits per heavy atom. The van der Waals surface area contributed by atoms with Crippen molar-refractivity contribution in [2.24, 2.45) is 22.2 Å². The molecule has 0 aliphatic rings. The van der Waals surface area contributed by atoms with E-state index >= 15 is 0 Å². The maximum absolute atomic E-state index is 13.4. The molecule has 0 spiro atoms. The molecule has 2 aromatic heterocycles. The number of carbonyl (C=O) groups excluding carboxylic acids is 1. The minimum absolute atomic E-state index is 0.0133. The van der Waals surface area contributed by atoms with Crippen LogP contribution in [0.5, 0.6) is 0 Å². The summed E-state index contributed by atoms with van der Waals surface area (Å²) in [5.74, 6) is 5.34. The van der Waals surface area contributed by atoms with E-state index in [0.29, 0.717) is 41.8 Å². The van der Waals surface area contributed by atoms with Gasteiger partial charge in [-0.2, -0.15) is 4.79 Å². The number of nitrogen functional groups attached to an aromatic ring is 1. The number of halogens is 1. The number of aromatic nitrogens is 3. The van der Waals surface area contributed by atoms with Gasteiger partial charge >= 0.3 is 0 Å². The number of nitrogens with two attached hydrogens (primary N) is 4. The van der Waals surface area contributed by atoms with Gasteiger partial charge in [-0.05, 0) is 54.8 Å². The largest absolute Gasteiger partial charge is 0.370 e. The van der Waals surface area contributed by atoms with E-state index in [1.54, 1.807) is 36.7 Å². The van der Waals surface area contributed by atoms with Crippen LogP contribution in [0.3, 0.4) is 0 Å². The molecular formula is C20H23FN8O. The van der Waals surface area contributed by atoms with Gasteiger partial charge in [0.25, 0.3) is 0 Å². The van der Waals surface area contributed by atoms with Crippen molar-refractivity contribution in [1.82, 2.24) is 14.9 Å². The zero-order valence-electron chi connectivity index (χ0n) is 16.2. The van der Waals surface area contributed by atoms with Gasteiger partial charge in [0.1, 0.15) is 17.2 Å². The van der Waals surface area contributed by atoms with E-state index in [1.807, 2.05) is 0 Å². The fourth-order valence-corrected chi connectivity index (χ4v) is 3.11. The molecule has 0 amide bonds. The van der Waals surface area contributed by atoms with E-state index in [0.717, 1.165) is 4.79 Å². The van der Waals surface area contributed by atoms with E-state index in [1.165, 1.54) is 12.1 Å². The average Bonchev–Trinajstić information content (AvgIpc) is 3.08. The Kier molecular flexibility index (Phi) is 6.38. The quantitative estimate of drug-likeness (QED) is 0.142. The molecule has 0 saturated heterocycles. The van der Waals surface area contributed by atoms with Crippen molar-refractivity contribution in [2.45, 2.75) is 18.9 Å². The highest BCUT2D eigenvalue weighted by molar-refractivity contribution is 6.06. The van der Waals surface area contributed by atoms with Crippen LogP contribution in [0.4, 0.5) is 4.39 Å². The predicted octanol–water partition coefficient (Wildman–Crippen LogP) is 1.03. The van der Waals surface area contributed by atoms with Crippen LogP contribution < -0.4 is 23.0 Å². The molecule has 3 aromatic rings. The van der Waals surface area contributed by atoms with Crippen LogP contribution in [-0.4, -0.2) is 39.2 Å². The Bertz CT molecular complexity index is 1040. The summed E-state index contributed by atoms with van der Waals surface area (Å²) in [5, 5.41) is 4.25.